The Labute approximate surface area is 89.1 Å². The van der Waals surface area contributed by atoms with E-state index in [1.807, 2.05) is 0 Å². The van der Waals surface area contributed by atoms with Gasteiger partial charge in [-0.3, -0.25) is 0 Å². The normalized spacial score (nSPS) is 9.87. The maximum absolute atomic E-state index is 12.8. The first-order chi connectivity index (χ1) is 7.22. The van der Waals surface area contributed by atoms with Crippen LogP contribution in [-0.4, -0.2) is 11.7 Å². The average molecular weight is 207 g/mol. The first-order valence-electron chi connectivity index (χ1n) is 4.85. The molecule has 0 aromatic heterocycles. The van der Waals surface area contributed by atoms with Gasteiger partial charge in [0.05, 0.1) is 0 Å². The molecule has 0 amide bonds. The number of unbranched alkanes of at least 4 members (excludes halogenated alkanes) is 1. The lowest BCUT2D eigenvalue weighted by Gasteiger charge is -2.04. The molecule has 0 radical (unpaired) electrons. The van der Waals surface area contributed by atoms with Gasteiger partial charge in [-0.05, 0) is 30.7 Å². The van der Waals surface area contributed by atoms with E-state index in [4.69, 9.17) is 11.5 Å². The summed E-state index contributed by atoms with van der Waals surface area (Å²) in [5.74, 6) is 2.08. The Bertz CT molecular complexity index is 337. The van der Waals surface area contributed by atoms with Gasteiger partial charge >= 0.3 is 0 Å². The molecule has 2 nitrogen and oxygen atoms in total. The summed E-state index contributed by atoms with van der Waals surface area (Å²) in [4.78, 5) is 0. The molecule has 2 N–H and O–H groups in total. The summed E-state index contributed by atoms with van der Waals surface area (Å²) in [6.45, 7) is 1.33. The fraction of sp³-hybridized carbons (Fsp3) is 0.333. The smallest absolute Gasteiger partial charge is 0.127 e. The van der Waals surface area contributed by atoms with Crippen molar-refractivity contribution in [2.75, 3.05) is 6.54 Å². The van der Waals surface area contributed by atoms with Crippen molar-refractivity contribution in [3.63, 3.8) is 0 Å². The molecule has 0 aliphatic carbocycles. The predicted octanol–water partition coefficient (Wildman–Crippen LogP) is 2.03. The number of hydrogen-bond donors (Lipinski definition) is 2. The highest BCUT2D eigenvalue weighted by Crippen LogP contribution is 2.14. The minimum atomic E-state index is -0.421. The molecule has 0 aliphatic heterocycles. The average Bonchev–Trinajstić information content (AvgIpc) is 2.16. The molecular weight excluding hydrogens is 193 g/mol. The highest BCUT2D eigenvalue weighted by molar-refractivity contribution is 5.28. The van der Waals surface area contributed by atoms with Gasteiger partial charge < -0.3 is 10.4 Å². The van der Waals surface area contributed by atoms with Gasteiger partial charge in [0.1, 0.15) is 11.6 Å². The number of rotatable bonds is 5. The molecule has 3 heteroatoms. The van der Waals surface area contributed by atoms with Crippen LogP contribution in [0.3, 0.4) is 0 Å². The van der Waals surface area contributed by atoms with Crippen molar-refractivity contribution in [1.82, 2.24) is 5.32 Å². The van der Waals surface area contributed by atoms with Crippen LogP contribution in [0, 0.1) is 18.2 Å². The third-order valence-corrected chi connectivity index (χ3v) is 1.95. The number of halogens is 1. The second kappa shape index (κ2) is 6.05. The first-order valence-corrected chi connectivity index (χ1v) is 4.85. The van der Waals surface area contributed by atoms with Crippen molar-refractivity contribution < 1.29 is 9.50 Å². The number of phenolic OH excluding ortho intramolecular Hbond substituents is 1. The molecular formula is C12H14FNO. The molecule has 0 heterocycles. The number of benzene rings is 1. The van der Waals surface area contributed by atoms with Gasteiger partial charge in [0.2, 0.25) is 0 Å². The van der Waals surface area contributed by atoms with E-state index >= 15 is 0 Å². The monoisotopic (exact) mass is 207 g/mol. The third-order valence-electron chi connectivity index (χ3n) is 1.95. The van der Waals surface area contributed by atoms with Crippen LogP contribution in [0.4, 0.5) is 4.39 Å². The Kier molecular flexibility index (Phi) is 4.65. The second-order valence-corrected chi connectivity index (χ2v) is 3.30. The summed E-state index contributed by atoms with van der Waals surface area (Å²) in [6.07, 6.45) is 6.74. The topological polar surface area (TPSA) is 32.3 Å². The quantitative estimate of drug-likeness (QED) is 0.572. The Hall–Kier alpha value is -1.53. The van der Waals surface area contributed by atoms with Gasteiger partial charge in [0, 0.05) is 19.0 Å². The van der Waals surface area contributed by atoms with E-state index in [0.29, 0.717) is 6.54 Å². The maximum Gasteiger partial charge on any atom is 0.127 e. The standard InChI is InChI=1S/C12H14FNO/c1-2-3-4-5-14-9-10-6-11(13)8-12(15)7-10/h1,6-8,14-15H,3-5,9H2. The largest absolute Gasteiger partial charge is 0.508 e. The van der Waals surface area contributed by atoms with Crippen LogP contribution < -0.4 is 5.32 Å². The van der Waals surface area contributed by atoms with Crippen molar-refractivity contribution in [2.24, 2.45) is 0 Å². The molecule has 0 aliphatic rings. The van der Waals surface area contributed by atoms with Gasteiger partial charge in [0.15, 0.2) is 0 Å². The van der Waals surface area contributed by atoms with Crippen LogP contribution in [0.5, 0.6) is 5.75 Å². The zero-order valence-electron chi connectivity index (χ0n) is 8.46. The number of phenols is 1. The van der Waals surface area contributed by atoms with Crippen LogP contribution in [0.25, 0.3) is 0 Å². The predicted molar refractivity (Wildman–Crippen MR) is 57.8 cm³/mol. The highest BCUT2D eigenvalue weighted by atomic mass is 19.1. The Morgan fingerprint density at radius 3 is 2.87 bits per heavy atom. The summed E-state index contributed by atoms with van der Waals surface area (Å²) >= 11 is 0. The van der Waals surface area contributed by atoms with Gasteiger partial charge in [-0.2, -0.15) is 0 Å². The molecule has 0 saturated carbocycles. The Morgan fingerprint density at radius 2 is 2.20 bits per heavy atom. The van der Waals surface area contributed by atoms with Crippen LogP contribution in [0.15, 0.2) is 18.2 Å². The maximum atomic E-state index is 12.8. The lowest BCUT2D eigenvalue weighted by atomic mass is 10.2. The van der Waals surface area contributed by atoms with Crippen LogP contribution in [-0.2, 0) is 6.54 Å². The zero-order valence-corrected chi connectivity index (χ0v) is 8.46. The molecule has 15 heavy (non-hydrogen) atoms. The first kappa shape index (κ1) is 11.5. The fourth-order valence-corrected chi connectivity index (χ4v) is 1.28. The SMILES string of the molecule is C#CCCCNCc1cc(O)cc(F)c1. The summed E-state index contributed by atoms with van der Waals surface area (Å²) in [7, 11) is 0. The van der Waals surface area contributed by atoms with Crippen molar-refractivity contribution in [2.45, 2.75) is 19.4 Å². The second-order valence-electron chi connectivity index (χ2n) is 3.30. The lowest BCUT2D eigenvalue weighted by molar-refractivity contribution is 0.467. The minimum absolute atomic E-state index is 0.0459. The zero-order chi connectivity index (χ0) is 11.1. The molecule has 0 atom stereocenters. The summed E-state index contributed by atoms with van der Waals surface area (Å²) < 4.78 is 12.8. The van der Waals surface area contributed by atoms with Gasteiger partial charge in [-0.15, -0.1) is 12.3 Å². The van der Waals surface area contributed by atoms with Gasteiger partial charge in [-0.25, -0.2) is 4.39 Å². The van der Waals surface area contributed by atoms with Crippen molar-refractivity contribution >= 4 is 0 Å². The number of terminal acetylenes is 1. The van der Waals surface area contributed by atoms with E-state index < -0.39 is 5.82 Å². The molecule has 0 saturated heterocycles. The Morgan fingerprint density at radius 1 is 1.40 bits per heavy atom. The van der Waals surface area contributed by atoms with E-state index in [9.17, 15) is 4.39 Å². The van der Waals surface area contributed by atoms with Gasteiger partial charge in [0.25, 0.3) is 0 Å². The van der Waals surface area contributed by atoms with Crippen molar-refractivity contribution in [3.05, 3.63) is 29.6 Å². The number of aromatic hydroxyl groups is 1. The molecule has 1 aromatic rings. The molecule has 0 fully saturated rings. The third kappa shape index (κ3) is 4.48. The Balaban J connectivity index is 2.34. The molecule has 80 valence electrons. The van der Waals surface area contributed by atoms with Crippen LogP contribution >= 0.6 is 0 Å². The number of hydrogen-bond acceptors (Lipinski definition) is 2. The number of nitrogens with one attached hydrogen (secondary N) is 1. The summed E-state index contributed by atoms with van der Waals surface area (Å²) in [5, 5.41) is 12.3. The van der Waals surface area contributed by atoms with E-state index in [1.54, 1.807) is 0 Å². The molecule has 0 bridgehead atoms. The molecule has 1 aromatic carbocycles. The molecule has 0 spiro atoms. The summed E-state index contributed by atoms with van der Waals surface area (Å²) in [6, 6.07) is 4.02. The highest BCUT2D eigenvalue weighted by Gasteiger charge is 1.98. The van der Waals surface area contributed by atoms with Crippen LogP contribution in [0.1, 0.15) is 18.4 Å². The fourth-order valence-electron chi connectivity index (χ4n) is 1.28. The minimum Gasteiger partial charge on any atom is -0.508 e. The van der Waals surface area contributed by atoms with E-state index in [-0.39, 0.29) is 5.75 Å². The van der Waals surface area contributed by atoms with Crippen LogP contribution in [0.2, 0.25) is 0 Å². The van der Waals surface area contributed by atoms with E-state index in [1.165, 1.54) is 12.1 Å². The van der Waals surface area contributed by atoms with Crippen molar-refractivity contribution in [3.8, 4) is 18.1 Å². The van der Waals surface area contributed by atoms with Crippen molar-refractivity contribution in [1.29, 1.82) is 0 Å². The molecule has 1 rings (SSSR count). The molecule has 0 unspecified atom stereocenters. The van der Waals surface area contributed by atoms with E-state index in [2.05, 4.69) is 11.2 Å². The van der Waals surface area contributed by atoms with Gasteiger partial charge in [-0.1, -0.05) is 0 Å². The van der Waals surface area contributed by atoms with E-state index in [0.717, 1.165) is 31.0 Å². The lowest BCUT2D eigenvalue weighted by Crippen LogP contribution is -2.14. The summed E-state index contributed by atoms with van der Waals surface area (Å²) in [5.41, 5.74) is 0.730.